The minimum atomic E-state index is 0.0133. The highest BCUT2D eigenvalue weighted by Crippen LogP contribution is 2.30. The van der Waals surface area contributed by atoms with Gasteiger partial charge in [-0.25, -0.2) is 4.98 Å². The summed E-state index contributed by atoms with van der Waals surface area (Å²) in [6, 6.07) is 8.31. The number of aromatic nitrogens is 3. The zero-order valence-corrected chi connectivity index (χ0v) is 16.3. The van der Waals surface area contributed by atoms with Gasteiger partial charge in [0.25, 0.3) is 0 Å². The molecule has 0 bridgehead atoms. The molecule has 1 atom stereocenters. The highest BCUT2D eigenvalue weighted by molar-refractivity contribution is 5.97. The molecule has 27 heavy (non-hydrogen) atoms. The molecule has 1 unspecified atom stereocenters. The van der Waals surface area contributed by atoms with Crippen LogP contribution in [0.15, 0.2) is 24.3 Å². The normalized spacial score (nSPS) is 22.4. The minimum Gasteiger partial charge on any atom is -0.311 e. The molecule has 3 heterocycles. The monoisotopic (exact) mass is 367 g/mol. The maximum absolute atomic E-state index is 13.2. The maximum atomic E-state index is 13.2. The van der Waals surface area contributed by atoms with E-state index in [4.69, 9.17) is 0 Å². The number of rotatable bonds is 4. The van der Waals surface area contributed by atoms with Gasteiger partial charge < -0.3 is 4.90 Å². The van der Waals surface area contributed by atoms with Gasteiger partial charge in [-0.15, -0.1) is 0 Å². The molecule has 0 radical (unpaired) electrons. The fourth-order valence-corrected chi connectivity index (χ4v) is 4.30. The fraction of sp³-hybridized carbons (Fsp3) is 0.571. The molecule has 0 spiro atoms. The number of aromatic amines is 1. The van der Waals surface area contributed by atoms with Crippen LogP contribution in [0.5, 0.6) is 0 Å². The zero-order valence-electron chi connectivity index (χ0n) is 16.3. The van der Waals surface area contributed by atoms with Gasteiger partial charge in [0.15, 0.2) is 5.82 Å². The Morgan fingerprint density at radius 3 is 2.52 bits per heavy atom. The standard InChI is InChI=1S/C21H29N5O/c1-3-19-22-20(24-23-19)16-10-13-25(14-11-16)18-5-4-12-26(21(18)27)17-8-6-15(2)7-9-17/h6-9,16,18H,3-5,10-14H2,1-2H3,(H,22,23,24). The zero-order chi connectivity index (χ0) is 18.8. The Balaban J connectivity index is 1.40. The molecule has 6 nitrogen and oxygen atoms in total. The second kappa shape index (κ2) is 7.80. The lowest BCUT2D eigenvalue weighted by atomic mass is 9.93. The molecule has 0 aliphatic carbocycles. The molecule has 2 aliphatic heterocycles. The lowest BCUT2D eigenvalue weighted by Crippen LogP contribution is -2.54. The summed E-state index contributed by atoms with van der Waals surface area (Å²) < 4.78 is 0. The molecule has 4 rings (SSSR count). The van der Waals surface area contributed by atoms with Crippen molar-refractivity contribution < 1.29 is 4.79 Å². The molecule has 1 amide bonds. The van der Waals surface area contributed by atoms with Crippen LogP contribution in [0.3, 0.4) is 0 Å². The summed E-state index contributed by atoms with van der Waals surface area (Å²) in [4.78, 5) is 22.1. The average Bonchev–Trinajstić information content (AvgIpc) is 3.19. The van der Waals surface area contributed by atoms with Gasteiger partial charge in [-0.2, -0.15) is 5.10 Å². The Bertz CT molecular complexity index is 776. The second-order valence-electron chi connectivity index (χ2n) is 7.79. The number of benzene rings is 1. The van der Waals surface area contributed by atoms with Crippen LogP contribution in [0, 0.1) is 6.92 Å². The molecular weight excluding hydrogens is 338 g/mol. The lowest BCUT2D eigenvalue weighted by molar-refractivity contribution is -0.125. The van der Waals surface area contributed by atoms with Crippen LogP contribution < -0.4 is 4.90 Å². The summed E-state index contributed by atoms with van der Waals surface area (Å²) in [5, 5.41) is 7.42. The van der Waals surface area contributed by atoms with E-state index < -0.39 is 0 Å². The first-order valence-corrected chi connectivity index (χ1v) is 10.2. The van der Waals surface area contributed by atoms with E-state index in [0.717, 1.165) is 69.1 Å². The summed E-state index contributed by atoms with van der Waals surface area (Å²) >= 11 is 0. The van der Waals surface area contributed by atoms with Crippen molar-refractivity contribution in [1.29, 1.82) is 0 Å². The van der Waals surface area contributed by atoms with E-state index >= 15 is 0 Å². The number of hydrogen-bond acceptors (Lipinski definition) is 4. The molecule has 0 saturated carbocycles. The SMILES string of the molecule is CCc1nc(C2CCN(C3CCCN(c4ccc(C)cc4)C3=O)CC2)n[nH]1. The fourth-order valence-electron chi connectivity index (χ4n) is 4.30. The Labute approximate surface area is 161 Å². The highest BCUT2D eigenvalue weighted by atomic mass is 16.2. The van der Waals surface area contributed by atoms with Crippen molar-refractivity contribution in [1.82, 2.24) is 20.1 Å². The van der Waals surface area contributed by atoms with Crippen LogP contribution >= 0.6 is 0 Å². The maximum Gasteiger partial charge on any atom is 0.244 e. The largest absolute Gasteiger partial charge is 0.311 e. The van der Waals surface area contributed by atoms with Gasteiger partial charge in [0.1, 0.15) is 5.82 Å². The third-order valence-corrected chi connectivity index (χ3v) is 5.98. The number of likely N-dealkylation sites (tertiary alicyclic amines) is 1. The summed E-state index contributed by atoms with van der Waals surface area (Å²) in [7, 11) is 0. The van der Waals surface area contributed by atoms with E-state index in [2.05, 4.69) is 58.2 Å². The smallest absolute Gasteiger partial charge is 0.244 e. The molecule has 6 heteroatoms. The summed E-state index contributed by atoms with van der Waals surface area (Å²) in [6.45, 7) is 6.87. The summed E-state index contributed by atoms with van der Waals surface area (Å²) in [5.74, 6) is 2.57. The third kappa shape index (κ3) is 3.76. The van der Waals surface area contributed by atoms with Gasteiger partial charge in [0, 0.05) is 24.6 Å². The van der Waals surface area contributed by atoms with Crippen molar-refractivity contribution in [3.8, 4) is 0 Å². The lowest BCUT2D eigenvalue weighted by Gasteiger charge is -2.41. The predicted molar refractivity (Wildman–Crippen MR) is 106 cm³/mol. The second-order valence-corrected chi connectivity index (χ2v) is 7.79. The molecular formula is C21H29N5O. The Hall–Kier alpha value is -2.21. The summed E-state index contributed by atoms with van der Waals surface area (Å²) in [6.07, 6.45) is 4.96. The van der Waals surface area contributed by atoms with Crippen LogP contribution in [0.2, 0.25) is 0 Å². The summed E-state index contributed by atoms with van der Waals surface area (Å²) in [5.41, 5.74) is 2.25. The van der Waals surface area contributed by atoms with Crippen LogP contribution in [0.1, 0.15) is 55.7 Å². The molecule has 1 aromatic carbocycles. The number of carbonyl (C=O) groups is 1. The van der Waals surface area contributed by atoms with Crippen LogP contribution in [-0.4, -0.2) is 51.7 Å². The topological polar surface area (TPSA) is 65.1 Å². The van der Waals surface area contributed by atoms with E-state index in [1.807, 2.05) is 4.90 Å². The first-order chi connectivity index (χ1) is 13.2. The molecule has 2 fully saturated rings. The number of nitrogens with zero attached hydrogens (tertiary/aromatic N) is 4. The first-order valence-electron chi connectivity index (χ1n) is 10.2. The average molecular weight is 367 g/mol. The van der Waals surface area contributed by atoms with Gasteiger partial charge in [-0.05, 0) is 57.8 Å². The van der Waals surface area contributed by atoms with Crippen LogP contribution in [0.25, 0.3) is 0 Å². The van der Waals surface area contributed by atoms with E-state index in [1.165, 1.54) is 5.56 Å². The Morgan fingerprint density at radius 1 is 1.11 bits per heavy atom. The number of anilines is 1. The molecule has 144 valence electrons. The van der Waals surface area contributed by atoms with Gasteiger partial charge in [-0.3, -0.25) is 14.8 Å². The van der Waals surface area contributed by atoms with Gasteiger partial charge in [0.05, 0.1) is 6.04 Å². The highest BCUT2D eigenvalue weighted by Gasteiger charge is 2.36. The molecule has 2 aromatic rings. The van der Waals surface area contributed by atoms with Crippen molar-refractivity contribution in [3.05, 3.63) is 41.5 Å². The Morgan fingerprint density at radius 2 is 1.85 bits per heavy atom. The third-order valence-electron chi connectivity index (χ3n) is 5.98. The van der Waals surface area contributed by atoms with E-state index in [-0.39, 0.29) is 11.9 Å². The van der Waals surface area contributed by atoms with Crippen LogP contribution in [-0.2, 0) is 11.2 Å². The number of H-pyrrole nitrogens is 1. The van der Waals surface area contributed by atoms with Crippen molar-refractivity contribution >= 4 is 11.6 Å². The van der Waals surface area contributed by atoms with Gasteiger partial charge in [-0.1, -0.05) is 24.6 Å². The van der Waals surface area contributed by atoms with Crippen LogP contribution in [0.4, 0.5) is 5.69 Å². The van der Waals surface area contributed by atoms with Gasteiger partial charge >= 0.3 is 0 Å². The molecule has 1 aromatic heterocycles. The van der Waals surface area contributed by atoms with Crippen molar-refractivity contribution in [2.45, 2.75) is 57.9 Å². The van der Waals surface area contributed by atoms with Gasteiger partial charge in [0.2, 0.25) is 5.91 Å². The van der Waals surface area contributed by atoms with Crippen molar-refractivity contribution in [2.24, 2.45) is 0 Å². The van der Waals surface area contributed by atoms with Crippen molar-refractivity contribution in [2.75, 3.05) is 24.5 Å². The number of aryl methyl sites for hydroxylation is 2. The quantitative estimate of drug-likeness (QED) is 0.902. The number of piperidine rings is 2. The Kier molecular flexibility index (Phi) is 5.25. The number of amides is 1. The van der Waals surface area contributed by atoms with E-state index in [1.54, 1.807) is 0 Å². The number of nitrogens with one attached hydrogen (secondary N) is 1. The molecule has 1 N–H and O–H groups in total. The first kappa shape index (κ1) is 18.2. The predicted octanol–water partition coefficient (Wildman–Crippen LogP) is 3.05. The molecule has 2 saturated heterocycles. The van der Waals surface area contributed by atoms with E-state index in [0.29, 0.717) is 5.92 Å². The van der Waals surface area contributed by atoms with E-state index in [9.17, 15) is 4.79 Å². The number of hydrogen-bond donors (Lipinski definition) is 1. The van der Waals surface area contributed by atoms with Crippen molar-refractivity contribution in [3.63, 3.8) is 0 Å². The molecule has 2 aliphatic rings. The minimum absolute atomic E-state index is 0.0133. The number of carbonyl (C=O) groups excluding carboxylic acids is 1.